The molecule has 0 bridgehead atoms. The minimum Gasteiger partial charge on any atom is -0.381 e. The van der Waals surface area contributed by atoms with E-state index in [2.05, 4.69) is 59.4 Å². The molecule has 1 nitrogen and oxygen atoms in total. The number of aryl methyl sites for hydroxylation is 1. The molecule has 0 aromatic heterocycles. The predicted octanol–water partition coefficient (Wildman–Crippen LogP) is 5.71. The van der Waals surface area contributed by atoms with E-state index >= 15 is 0 Å². The quantitative estimate of drug-likeness (QED) is 0.729. The van der Waals surface area contributed by atoms with Gasteiger partial charge in [-0.15, -0.1) is 0 Å². The van der Waals surface area contributed by atoms with Crippen molar-refractivity contribution in [1.82, 2.24) is 0 Å². The van der Waals surface area contributed by atoms with Gasteiger partial charge in [0.2, 0.25) is 0 Å². The van der Waals surface area contributed by atoms with Crippen molar-refractivity contribution in [2.45, 2.75) is 33.7 Å². The zero-order valence-electron chi connectivity index (χ0n) is 12.7. The number of nitrogens with one attached hydrogen (secondary N) is 1. The number of rotatable bonds is 5. The third kappa shape index (κ3) is 4.57. The summed E-state index contributed by atoms with van der Waals surface area (Å²) in [6, 6.07) is 12.0. The van der Waals surface area contributed by atoms with Gasteiger partial charge in [-0.1, -0.05) is 38.1 Å². The Bertz CT molecular complexity index is 605. The Morgan fingerprint density at radius 3 is 2.33 bits per heavy atom. The minimum atomic E-state index is -0.226. The van der Waals surface area contributed by atoms with E-state index in [0.717, 1.165) is 24.2 Å². The normalized spacial score (nSPS) is 11.0. The summed E-state index contributed by atoms with van der Waals surface area (Å²) in [6.45, 7) is 7.10. The summed E-state index contributed by atoms with van der Waals surface area (Å²) >= 11 is 3.22. The molecule has 0 radical (unpaired) electrons. The van der Waals surface area contributed by atoms with Gasteiger partial charge < -0.3 is 5.32 Å². The van der Waals surface area contributed by atoms with Crippen LogP contribution < -0.4 is 5.32 Å². The number of anilines is 1. The molecule has 21 heavy (non-hydrogen) atoms. The Kier molecular flexibility index (Phi) is 5.40. The van der Waals surface area contributed by atoms with E-state index in [0.29, 0.717) is 10.4 Å². The summed E-state index contributed by atoms with van der Waals surface area (Å²) < 4.78 is 13.9. The van der Waals surface area contributed by atoms with Gasteiger partial charge in [0.1, 0.15) is 5.82 Å². The molecule has 2 rings (SSSR count). The van der Waals surface area contributed by atoms with Crippen molar-refractivity contribution in [2.75, 3.05) is 5.32 Å². The van der Waals surface area contributed by atoms with E-state index in [4.69, 9.17) is 0 Å². The first kappa shape index (κ1) is 16.0. The fourth-order valence-electron chi connectivity index (χ4n) is 2.30. The molecule has 0 fully saturated rings. The van der Waals surface area contributed by atoms with Crippen LogP contribution in [0.15, 0.2) is 40.9 Å². The van der Waals surface area contributed by atoms with Gasteiger partial charge in [-0.05, 0) is 64.0 Å². The van der Waals surface area contributed by atoms with E-state index in [1.54, 1.807) is 6.07 Å². The van der Waals surface area contributed by atoms with Crippen molar-refractivity contribution in [3.63, 3.8) is 0 Å². The summed E-state index contributed by atoms with van der Waals surface area (Å²) in [7, 11) is 0. The lowest BCUT2D eigenvalue weighted by molar-refractivity contribution is 0.620. The van der Waals surface area contributed by atoms with Crippen molar-refractivity contribution >= 4 is 21.6 Å². The average Bonchev–Trinajstić information content (AvgIpc) is 2.42. The molecular formula is C18H21BrFN. The van der Waals surface area contributed by atoms with Gasteiger partial charge in [0.15, 0.2) is 0 Å². The molecule has 0 heterocycles. The fraction of sp³-hybridized carbons (Fsp3) is 0.333. The summed E-state index contributed by atoms with van der Waals surface area (Å²) in [5.74, 6) is 0.448. The van der Waals surface area contributed by atoms with Crippen LogP contribution in [0.2, 0.25) is 0 Å². The van der Waals surface area contributed by atoms with E-state index < -0.39 is 0 Å². The Balaban J connectivity index is 2.01. The van der Waals surface area contributed by atoms with Crippen molar-refractivity contribution in [1.29, 1.82) is 0 Å². The lowest BCUT2D eigenvalue weighted by atomic mass is 10.0. The number of hydrogen-bond acceptors (Lipinski definition) is 1. The van der Waals surface area contributed by atoms with Crippen LogP contribution in [-0.2, 0) is 13.0 Å². The molecule has 0 amide bonds. The van der Waals surface area contributed by atoms with E-state index in [1.165, 1.54) is 17.2 Å². The third-order valence-electron chi connectivity index (χ3n) is 3.42. The van der Waals surface area contributed by atoms with Crippen LogP contribution in [0.4, 0.5) is 10.1 Å². The van der Waals surface area contributed by atoms with Gasteiger partial charge in [0.05, 0.1) is 4.47 Å². The molecule has 112 valence electrons. The molecule has 2 aromatic rings. The smallest absolute Gasteiger partial charge is 0.137 e. The molecular weight excluding hydrogens is 329 g/mol. The highest BCUT2D eigenvalue weighted by atomic mass is 79.9. The van der Waals surface area contributed by atoms with Crippen molar-refractivity contribution in [3.8, 4) is 0 Å². The first-order chi connectivity index (χ1) is 9.95. The second-order valence-corrected chi connectivity index (χ2v) is 6.70. The number of halogens is 2. The van der Waals surface area contributed by atoms with Crippen LogP contribution in [0.1, 0.15) is 30.5 Å². The van der Waals surface area contributed by atoms with Crippen molar-refractivity contribution < 1.29 is 4.39 Å². The molecule has 0 saturated heterocycles. The Morgan fingerprint density at radius 1 is 1.10 bits per heavy atom. The van der Waals surface area contributed by atoms with Crippen LogP contribution in [0.3, 0.4) is 0 Å². The Morgan fingerprint density at radius 2 is 1.71 bits per heavy atom. The lowest BCUT2D eigenvalue weighted by Crippen LogP contribution is -2.02. The fourth-order valence-corrected chi connectivity index (χ4v) is 2.64. The molecule has 0 aliphatic carbocycles. The molecule has 0 spiro atoms. The topological polar surface area (TPSA) is 12.0 Å². The zero-order chi connectivity index (χ0) is 15.4. The molecule has 1 N–H and O–H groups in total. The summed E-state index contributed by atoms with van der Waals surface area (Å²) in [6.07, 6.45) is 1.11. The summed E-state index contributed by atoms with van der Waals surface area (Å²) in [5, 5.41) is 3.36. The van der Waals surface area contributed by atoms with Crippen LogP contribution in [-0.4, -0.2) is 0 Å². The maximum absolute atomic E-state index is 13.4. The number of hydrogen-bond donors (Lipinski definition) is 1. The minimum absolute atomic E-state index is 0.226. The first-order valence-electron chi connectivity index (χ1n) is 7.23. The Hall–Kier alpha value is -1.35. The van der Waals surface area contributed by atoms with Crippen molar-refractivity contribution in [3.05, 3.63) is 63.4 Å². The second kappa shape index (κ2) is 7.08. The summed E-state index contributed by atoms with van der Waals surface area (Å²) in [5.41, 5.74) is 4.46. The van der Waals surface area contributed by atoms with Gasteiger partial charge in [-0.25, -0.2) is 4.39 Å². The standard InChI is InChI=1S/C18H21BrFN/c1-12(2)8-14-4-6-15(7-5-14)11-21-18-10-16(19)17(20)9-13(18)3/h4-7,9-10,12,21H,8,11H2,1-3H3. The van der Waals surface area contributed by atoms with Gasteiger partial charge in [0.25, 0.3) is 0 Å². The first-order valence-corrected chi connectivity index (χ1v) is 8.02. The largest absolute Gasteiger partial charge is 0.381 e. The highest BCUT2D eigenvalue weighted by Gasteiger charge is 2.05. The van der Waals surface area contributed by atoms with Crippen LogP contribution in [0, 0.1) is 18.7 Å². The van der Waals surface area contributed by atoms with Gasteiger partial charge in [0, 0.05) is 12.2 Å². The molecule has 2 aromatic carbocycles. The average molecular weight is 350 g/mol. The molecule has 0 atom stereocenters. The highest BCUT2D eigenvalue weighted by molar-refractivity contribution is 9.10. The maximum atomic E-state index is 13.4. The van der Waals surface area contributed by atoms with Crippen LogP contribution in [0.25, 0.3) is 0 Å². The molecule has 0 aliphatic heterocycles. The molecule has 3 heteroatoms. The second-order valence-electron chi connectivity index (χ2n) is 5.85. The SMILES string of the molecule is Cc1cc(F)c(Br)cc1NCc1ccc(CC(C)C)cc1. The molecule has 0 unspecified atom stereocenters. The van der Waals surface area contributed by atoms with E-state index in [1.807, 2.05) is 6.92 Å². The third-order valence-corrected chi connectivity index (χ3v) is 4.02. The van der Waals surface area contributed by atoms with Crippen LogP contribution in [0.5, 0.6) is 0 Å². The zero-order valence-corrected chi connectivity index (χ0v) is 14.3. The van der Waals surface area contributed by atoms with E-state index in [-0.39, 0.29) is 5.82 Å². The van der Waals surface area contributed by atoms with Gasteiger partial charge in [-0.2, -0.15) is 0 Å². The lowest BCUT2D eigenvalue weighted by Gasteiger charge is -2.11. The molecule has 0 saturated carbocycles. The summed E-state index contributed by atoms with van der Waals surface area (Å²) in [4.78, 5) is 0. The van der Waals surface area contributed by atoms with Crippen LogP contribution >= 0.6 is 15.9 Å². The Labute approximate surface area is 134 Å². The van der Waals surface area contributed by atoms with Gasteiger partial charge in [-0.3, -0.25) is 0 Å². The molecule has 0 aliphatic rings. The number of benzene rings is 2. The monoisotopic (exact) mass is 349 g/mol. The van der Waals surface area contributed by atoms with Gasteiger partial charge >= 0.3 is 0 Å². The van der Waals surface area contributed by atoms with Crippen molar-refractivity contribution in [2.24, 2.45) is 5.92 Å². The highest BCUT2D eigenvalue weighted by Crippen LogP contribution is 2.24. The predicted molar refractivity (Wildman–Crippen MR) is 91.1 cm³/mol. The van der Waals surface area contributed by atoms with E-state index in [9.17, 15) is 4.39 Å². The maximum Gasteiger partial charge on any atom is 0.137 e.